The first-order valence-electron chi connectivity index (χ1n) is 6.78. The molecule has 1 fully saturated rings. The van der Waals surface area contributed by atoms with Gasteiger partial charge in [0.1, 0.15) is 6.04 Å². The average molecular weight is 289 g/mol. The van der Waals surface area contributed by atoms with Crippen LogP contribution in [0, 0.1) is 0 Å². The van der Waals surface area contributed by atoms with Gasteiger partial charge in [-0.3, -0.25) is 4.90 Å². The molecule has 0 aromatic carbocycles. The molecule has 8 nitrogen and oxygen atoms in total. The van der Waals surface area contributed by atoms with Gasteiger partial charge in [0, 0.05) is 32.7 Å². The second kappa shape index (κ2) is 8.72. The van der Waals surface area contributed by atoms with Gasteiger partial charge in [-0.2, -0.15) is 0 Å². The molecule has 4 N–H and O–H groups in total. The molecular formula is C12H23N3O5. The number of rotatable bonds is 7. The second-order valence-corrected chi connectivity index (χ2v) is 4.64. The quantitative estimate of drug-likeness (QED) is 0.470. The molecule has 1 heterocycles. The number of carbonyl (C=O) groups excluding carboxylic acids is 1. The van der Waals surface area contributed by atoms with Crippen molar-refractivity contribution in [2.24, 2.45) is 0 Å². The van der Waals surface area contributed by atoms with Gasteiger partial charge in [0.2, 0.25) is 0 Å². The van der Waals surface area contributed by atoms with Gasteiger partial charge in [0.05, 0.1) is 12.7 Å². The monoisotopic (exact) mass is 289 g/mol. The Balaban J connectivity index is 2.29. The molecular weight excluding hydrogens is 266 g/mol. The minimum atomic E-state index is -1.17. The standard InChI is InChI=1S/C12H23N3O5/c1-2-15-4-6-20-9(8-15)7-13-12(19)14-10(3-5-16)11(17)18/h9-10,16H,2-8H2,1H3,(H,17,18)(H2,13,14,19). The highest BCUT2D eigenvalue weighted by molar-refractivity contribution is 5.82. The van der Waals surface area contributed by atoms with E-state index < -0.39 is 18.0 Å². The normalized spacial score (nSPS) is 21.2. The summed E-state index contributed by atoms with van der Waals surface area (Å²) in [6.45, 7) is 5.29. The zero-order valence-corrected chi connectivity index (χ0v) is 11.7. The van der Waals surface area contributed by atoms with E-state index >= 15 is 0 Å². The third kappa shape index (κ3) is 5.72. The van der Waals surface area contributed by atoms with Crippen molar-refractivity contribution >= 4 is 12.0 Å². The van der Waals surface area contributed by atoms with Crippen molar-refractivity contribution in [3.63, 3.8) is 0 Å². The first-order chi connectivity index (χ1) is 9.56. The molecule has 8 heteroatoms. The Morgan fingerprint density at radius 1 is 1.50 bits per heavy atom. The molecule has 1 rings (SSSR count). The Labute approximate surface area is 118 Å². The molecule has 0 radical (unpaired) electrons. The van der Waals surface area contributed by atoms with Crippen molar-refractivity contribution in [2.75, 3.05) is 39.4 Å². The number of amides is 2. The number of likely N-dealkylation sites (N-methyl/N-ethyl adjacent to an activating group) is 1. The van der Waals surface area contributed by atoms with E-state index in [4.69, 9.17) is 14.9 Å². The predicted octanol–water partition coefficient (Wildman–Crippen LogP) is -1.16. The molecule has 1 aliphatic heterocycles. The Kier molecular flexibility index (Phi) is 7.27. The fourth-order valence-corrected chi connectivity index (χ4v) is 1.99. The summed E-state index contributed by atoms with van der Waals surface area (Å²) in [5.41, 5.74) is 0. The summed E-state index contributed by atoms with van der Waals surface area (Å²) in [5, 5.41) is 22.5. The summed E-state index contributed by atoms with van der Waals surface area (Å²) in [5.74, 6) is -1.17. The topological polar surface area (TPSA) is 111 Å². The number of carboxylic acids is 1. The number of urea groups is 1. The molecule has 0 aliphatic carbocycles. The van der Waals surface area contributed by atoms with E-state index in [1.807, 2.05) is 0 Å². The largest absolute Gasteiger partial charge is 0.480 e. The van der Waals surface area contributed by atoms with Crippen molar-refractivity contribution in [1.82, 2.24) is 15.5 Å². The second-order valence-electron chi connectivity index (χ2n) is 4.64. The number of nitrogens with one attached hydrogen (secondary N) is 2. The molecule has 0 spiro atoms. The Hall–Kier alpha value is -1.38. The number of ether oxygens (including phenoxy) is 1. The lowest BCUT2D eigenvalue weighted by atomic mass is 10.2. The van der Waals surface area contributed by atoms with E-state index in [-0.39, 0.29) is 19.1 Å². The van der Waals surface area contributed by atoms with Crippen LogP contribution in [0.1, 0.15) is 13.3 Å². The maximum Gasteiger partial charge on any atom is 0.326 e. The number of hydrogen-bond donors (Lipinski definition) is 4. The first kappa shape index (κ1) is 16.7. The molecule has 2 amide bonds. The number of carboxylic acid groups (broad SMARTS) is 1. The summed E-state index contributed by atoms with van der Waals surface area (Å²) in [7, 11) is 0. The predicted molar refractivity (Wildman–Crippen MR) is 71.5 cm³/mol. The van der Waals surface area contributed by atoms with Crippen LogP contribution in [0.15, 0.2) is 0 Å². The third-order valence-electron chi connectivity index (χ3n) is 3.18. The molecule has 0 aromatic rings. The van der Waals surface area contributed by atoms with Crippen molar-refractivity contribution in [3.05, 3.63) is 0 Å². The van der Waals surface area contributed by atoms with Crippen LogP contribution >= 0.6 is 0 Å². The highest BCUT2D eigenvalue weighted by Gasteiger charge is 2.22. The third-order valence-corrected chi connectivity index (χ3v) is 3.18. The maximum absolute atomic E-state index is 11.6. The van der Waals surface area contributed by atoms with Crippen molar-refractivity contribution in [3.8, 4) is 0 Å². The van der Waals surface area contributed by atoms with Gasteiger partial charge < -0.3 is 25.6 Å². The zero-order chi connectivity index (χ0) is 15.0. The van der Waals surface area contributed by atoms with Gasteiger partial charge in [-0.15, -0.1) is 0 Å². The summed E-state index contributed by atoms with van der Waals surface area (Å²) < 4.78 is 5.52. The van der Waals surface area contributed by atoms with E-state index in [0.717, 1.165) is 19.6 Å². The number of aliphatic hydroxyl groups is 1. The fraction of sp³-hybridized carbons (Fsp3) is 0.833. The smallest absolute Gasteiger partial charge is 0.326 e. The minimum Gasteiger partial charge on any atom is -0.480 e. The number of aliphatic hydroxyl groups excluding tert-OH is 1. The number of nitrogens with zero attached hydrogens (tertiary/aromatic N) is 1. The molecule has 0 bridgehead atoms. The molecule has 20 heavy (non-hydrogen) atoms. The van der Waals surface area contributed by atoms with Crippen LogP contribution in [0.3, 0.4) is 0 Å². The summed E-state index contributed by atoms with van der Waals surface area (Å²) in [6.07, 6.45) is -0.109. The summed E-state index contributed by atoms with van der Waals surface area (Å²) >= 11 is 0. The lowest BCUT2D eigenvalue weighted by Crippen LogP contribution is -2.51. The van der Waals surface area contributed by atoms with Gasteiger partial charge in [0.15, 0.2) is 0 Å². The molecule has 0 aromatic heterocycles. The van der Waals surface area contributed by atoms with E-state index in [0.29, 0.717) is 13.2 Å². The molecule has 0 saturated carbocycles. The molecule has 2 unspecified atom stereocenters. The van der Waals surface area contributed by atoms with Crippen molar-refractivity contribution in [2.45, 2.75) is 25.5 Å². The summed E-state index contributed by atoms with van der Waals surface area (Å²) in [6, 6.07) is -1.65. The SMILES string of the molecule is CCN1CCOC(CNC(=O)NC(CCO)C(=O)O)C1. The Morgan fingerprint density at radius 3 is 2.85 bits per heavy atom. The Bertz CT molecular complexity index is 326. The lowest BCUT2D eigenvalue weighted by Gasteiger charge is -2.32. The number of morpholine rings is 1. The molecule has 116 valence electrons. The van der Waals surface area contributed by atoms with Gasteiger partial charge >= 0.3 is 12.0 Å². The molecule has 1 saturated heterocycles. The highest BCUT2D eigenvalue weighted by Crippen LogP contribution is 2.03. The van der Waals surface area contributed by atoms with Crippen molar-refractivity contribution in [1.29, 1.82) is 0 Å². The number of aliphatic carboxylic acids is 1. The highest BCUT2D eigenvalue weighted by atomic mass is 16.5. The van der Waals surface area contributed by atoms with E-state index in [1.165, 1.54) is 0 Å². The van der Waals surface area contributed by atoms with Crippen LogP contribution in [0.2, 0.25) is 0 Å². The van der Waals surface area contributed by atoms with Gasteiger partial charge in [-0.05, 0) is 6.54 Å². The minimum absolute atomic E-state index is 0.0215. The van der Waals surface area contributed by atoms with Gasteiger partial charge in [-0.1, -0.05) is 6.92 Å². The summed E-state index contributed by atoms with van der Waals surface area (Å²) in [4.78, 5) is 24.6. The van der Waals surface area contributed by atoms with Crippen LogP contribution in [-0.2, 0) is 9.53 Å². The number of hydrogen-bond acceptors (Lipinski definition) is 5. The van der Waals surface area contributed by atoms with Gasteiger partial charge in [-0.25, -0.2) is 9.59 Å². The van der Waals surface area contributed by atoms with E-state index in [2.05, 4.69) is 22.5 Å². The van der Waals surface area contributed by atoms with Crippen LogP contribution in [0.5, 0.6) is 0 Å². The maximum atomic E-state index is 11.6. The van der Waals surface area contributed by atoms with Crippen LogP contribution in [0.4, 0.5) is 4.79 Å². The number of carbonyl (C=O) groups is 2. The zero-order valence-electron chi connectivity index (χ0n) is 11.7. The molecule has 1 aliphatic rings. The average Bonchev–Trinajstić information content (AvgIpc) is 2.44. The van der Waals surface area contributed by atoms with Crippen LogP contribution in [0.25, 0.3) is 0 Å². The lowest BCUT2D eigenvalue weighted by molar-refractivity contribution is -0.139. The van der Waals surface area contributed by atoms with E-state index in [1.54, 1.807) is 0 Å². The Morgan fingerprint density at radius 2 is 2.25 bits per heavy atom. The fourth-order valence-electron chi connectivity index (χ4n) is 1.99. The van der Waals surface area contributed by atoms with E-state index in [9.17, 15) is 9.59 Å². The first-order valence-corrected chi connectivity index (χ1v) is 6.78. The van der Waals surface area contributed by atoms with Crippen LogP contribution < -0.4 is 10.6 Å². The van der Waals surface area contributed by atoms with Gasteiger partial charge in [0.25, 0.3) is 0 Å². The van der Waals surface area contributed by atoms with Crippen LogP contribution in [-0.4, -0.2) is 78.7 Å². The van der Waals surface area contributed by atoms with Crippen molar-refractivity contribution < 1.29 is 24.5 Å². The molecule has 2 atom stereocenters.